The zero-order valence-corrected chi connectivity index (χ0v) is 16.0. The van der Waals surface area contributed by atoms with Crippen LogP contribution in [0.2, 0.25) is 0 Å². The molecule has 0 saturated heterocycles. The van der Waals surface area contributed by atoms with E-state index < -0.39 is 5.41 Å². The average Bonchev–Trinajstić information content (AvgIpc) is 2.93. The second-order valence-corrected chi connectivity index (χ2v) is 7.28. The number of carbonyl (C=O) groups is 3. The van der Waals surface area contributed by atoms with E-state index in [0.717, 1.165) is 37.0 Å². The maximum absolute atomic E-state index is 12.3. The highest BCUT2D eigenvalue weighted by molar-refractivity contribution is 6.13. The molecule has 142 valence electrons. The molecule has 1 fully saturated rings. The Kier molecular flexibility index (Phi) is 7.55. The second kappa shape index (κ2) is 9.65. The van der Waals surface area contributed by atoms with E-state index in [-0.39, 0.29) is 17.3 Å². The highest BCUT2D eigenvalue weighted by atomic mass is 16.5. The van der Waals surface area contributed by atoms with Gasteiger partial charge in [0, 0.05) is 25.7 Å². The Morgan fingerprint density at radius 2 is 1.81 bits per heavy atom. The molecule has 0 amide bonds. The van der Waals surface area contributed by atoms with Crippen LogP contribution in [0.4, 0.5) is 0 Å². The van der Waals surface area contributed by atoms with Crippen LogP contribution in [0.5, 0.6) is 5.75 Å². The third-order valence-electron chi connectivity index (χ3n) is 5.49. The van der Waals surface area contributed by atoms with Crippen molar-refractivity contribution in [3.8, 4) is 5.75 Å². The first kappa shape index (κ1) is 20.3. The summed E-state index contributed by atoms with van der Waals surface area (Å²) >= 11 is 0. The van der Waals surface area contributed by atoms with Crippen LogP contribution < -0.4 is 4.74 Å². The summed E-state index contributed by atoms with van der Waals surface area (Å²) in [6.45, 7) is 2.06. The maximum atomic E-state index is 12.3. The predicted octanol–water partition coefficient (Wildman–Crippen LogP) is 4.48. The fourth-order valence-corrected chi connectivity index (χ4v) is 3.82. The SMILES string of the molecule is CCCCC1(CCC(=O)CCCc2cccc(OC)c2)C(=O)CCC1=O. The molecule has 0 bridgehead atoms. The Morgan fingerprint density at radius 1 is 1.08 bits per heavy atom. The summed E-state index contributed by atoms with van der Waals surface area (Å²) in [5, 5.41) is 0. The van der Waals surface area contributed by atoms with Gasteiger partial charge in [-0.05, 0) is 43.4 Å². The van der Waals surface area contributed by atoms with Crippen molar-refractivity contribution in [1.82, 2.24) is 0 Å². The normalized spacial score (nSPS) is 16.1. The van der Waals surface area contributed by atoms with Gasteiger partial charge in [0.05, 0.1) is 12.5 Å². The molecule has 4 heteroatoms. The highest BCUT2D eigenvalue weighted by Gasteiger charge is 2.48. The van der Waals surface area contributed by atoms with Gasteiger partial charge in [0.15, 0.2) is 0 Å². The van der Waals surface area contributed by atoms with E-state index in [1.165, 1.54) is 0 Å². The molecular weight excluding hydrogens is 328 g/mol. The molecule has 0 atom stereocenters. The van der Waals surface area contributed by atoms with Gasteiger partial charge in [-0.15, -0.1) is 0 Å². The summed E-state index contributed by atoms with van der Waals surface area (Å²) in [4.78, 5) is 37.0. The van der Waals surface area contributed by atoms with Crippen molar-refractivity contribution in [1.29, 1.82) is 0 Å². The minimum absolute atomic E-state index is 0.0557. The summed E-state index contributed by atoms with van der Waals surface area (Å²) in [5.74, 6) is 1.08. The fraction of sp³-hybridized carbons (Fsp3) is 0.591. The van der Waals surface area contributed by atoms with Gasteiger partial charge < -0.3 is 4.74 Å². The standard InChI is InChI=1S/C22H30O4/c1-3-4-14-22(20(24)11-12-21(22)25)15-13-18(23)9-5-7-17-8-6-10-19(16-17)26-2/h6,8,10,16H,3-5,7,9,11-15H2,1-2H3. The van der Waals surface area contributed by atoms with Crippen molar-refractivity contribution in [2.24, 2.45) is 5.41 Å². The van der Waals surface area contributed by atoms with Gasteiger partial charge in [0.2, 0.25) is 0 Å². The molecule has 1 aliphatic carbocycles. The van der Waals surface area contributed by atoms with Crippen molar-refractivity contribution in [3.63, 3.8) is 0 Å². The number of Topliss-reactive ketones (excluding diaryl/α,β-unsaturated/α-hetero) is 3. The van der Waals surface area contributed by atoms with E-state index in [1.54, 1.807) is 7.11 Å². The lowest BCUT2D eigenvalue weighted by atomic mass is 9.75. The molecule has 1 aromatic carbocycles. The lowest BCUT2D eigenvalue weighted by Crippen LogP contribution is -2.33. The number of carbonyl (C=O) groups excluding carboxylic acids is 3. The summed E-state index contributed by atoms with van der Waals surface area (Å²) < 4.78 is 5.21. The van der Waals surface area contributed by atoms with Gasteiger partial charge in [0.1, 0.15) is 23.1 Å². The second-order valence-electron chi connectivity index (χ2n) is 7.28. The first-order valence-electron chi connectivity index (χ1n) is 9.73. The van der Waals surface area contributed by atoms with Crippen LogP contribution >= 0.6 is 0 Å². The number of benzene rings is 1. The molecule has 2 rings (SSSR count). The van der Waals surface area contributed by atoms with E-state index in [0.29, 0.717) is 38.5 Å². The molecule has 0 unspecified atom stereocenters. The van der Waals surface area contributed by atoms with Crippen molar-refractivity contribution >= 4 is 17.3 Å². The van der Waals surface area contributed by atoms with Gasteiger partial charge in [-0.1, -0.05) is 31.9 Å². The molecule has 0 N–H and O–H groups in total. The monoisotopic (exact) mass is 358 g/mol. The van der Waals surface area contributed by atoms with Crippen LogP contribution in [-0.4, -0.2) is 24.5 Å². The van der Waals surface area contributed by atoms with Crippen molar-refractivity contribution in [3.05, 3.63) is 29.8 Å². The number of unbranched alkanes of at least 4 members (excludes halogenated alkanes) is 1. The van der Waals surface area contributed by atoms with Crippen LogP contribution in [-0.2, 0) is 20.8 Å². The third kappa shape index (κ3) is 5.03. The number of rotatable bonds is 11. The zero-order valence-electron chi connectivity index (χ0n) is 16.0. The van der Waals surface area contributed by atoms with Crippen molar-refractivity contribution in [2.45, 2.75) is 71.1 Å². The predicted molar refractivity (Wildman–Crippen MR) is 101 cm³/mol. The first-order valence-corrected chi connectivity index (χ1v) is 9.73. The van der Waals surface area contributed by atoms with Gasteiger partial charge >= 0.3 is 0 Å². The van der Waals surface area contributed by atoms with E-state index in [1.807, 2.05) is 24.3 Å². The minimum Gasteiger partial charge on any atom is -0.497 e. The molecule has 0 heterocycles. The lowest BCUT2D eigenvalue weighted by Gasteiger charge is -2.25. The summed E-state index contributed by atoms with van der Waals surface area (Å²) in [7, 11) is 1.64. The molecule has 1 saturated carbocycles. The number of ketones is 3. The average molecular weight is 358 g/mol. The quantitative estimate of drug-likeness (QED) is 0.547. The number of aryl methyl sites for hydroxylation is 1. The third-order valence-corrected chi connectivity index (χ3v) is 5.49. The molecule has 26 heavy (non-hydrogen) atoms. The minimum atomic E-state index is -0.863. The van der Waals surface area contributed by atoms with Crippen LogP contribution in [0.15, 0.2) is 24.3 Å². The molecule has 0 spiro atoms. The largest absolute Gasteiger partial charge is 0.497 e. The number of hydrogen-bond donors (Lipinski definition) is 0. The molecular formula is C22H30O4. The van der Waals surface area contributed by atoms with E-state index in [2.05, 4.69) is 6.92 Å². The highest BCUT2D eigenvalue weighted by Crippen LogP contribution is 2.40. The molecule has 1 aliphatic rings. The maximum Gasteiger partial charge on any atom is 0.146 e. The molecule has 0 aromatic heterocycles. The molecule has 1 aromatic rings. The Labute approximate surface area is 156 Å². The van der Waals surface area contributed by atoms with Crippen molar-refractivity contribution in [2.75, 3.05) is 7.11 Å². The van der Waals surface area contributed by atoms with E-state index >= 15 is 0 Å². The van der Waals surface area contributed by atoms with Crippen LogP contribution in [0.1, 0.15) is 70.3 Å². The molecule has 0 aliphatic heterocycles. The van der Waals surface area contributed by atoms with E-state index in [9.17, 15) is 14.4 Å². The van der Waals surface area contributed by atoms with Gasteiger partial charge in [0.25, 0.3) is 0 Å². The van der Waals surface area contributed by atoms with Crippen molar-refractivity contribution < 1.29 is 19.1 Å². The van der Waals surface area contributed by atoms with E-state index in [4.69, 9.17) is 4.74 Å². The Balaban J connectivity index is 1.82. The van der Waals surface area contributed by atoms with Gasteiger partial charge in [-0.25, -0.2) is 0 Å². The number of methoxy groups -OCH3 is 1. The number of ether oxygens (including phenoxy) is 1. The van der Waals surface area contributed by atoms with Crippen LogP contribution in [0.25, 0.3) is 0 Å². The Bertz CT molecular complexity index is 631. The van der Waals surface area contributed by atoms with Gasteiger partial charge in [-0.2, -0.15) is 0 Å². The first-order chi connectivity index (χ1) is 12.5. The Hall–Kier alpha value is -1.97. The van der Waals surface area contributed by atoms with Gasteiger partial charge in [-0.3, -0.25) is 14.4 Å². The summed E-state index contributed by atoms with van der Waals surface area (Å²) in [5.41, 5.74) is 0.288. The molecule has 4 nitrogen and oxygen atoms in total. The van der Waals surface area contributed by atoms with Crippen LogP contribution in [0.3, 0.4) is 0 Å². The lowest BCUT2D eigenvalue weighted by molar-refractivity contribution is -0.136. The summed E-state index contributed by atoms with van der Waals surface area (Å²) in [6, 6.07) is 7.87. The summed E-state index contributed by atoms with van der Waals surface area (Å²) in [6.07, 6.45) is 5.96. The fourth-order valence-electron chi connectivity index (χ4n) is 3.82. The smallest absolute Gasteiger partial charge is 0.146 e. The Morgan fingerprint density at radius 3 is 2.46 bits per heavy atom. The number of hydrogen-bond acceptors (Lipinski definition) is 4. The van der Waals surface area contributed by atoms with Crippen LogP contribution in [0, 0.1) is 5.41 Å². The topological polar surface area (TPSA) is 60.4 Å². The zero-order chi connectivity index (χ0) is 19.0. The molecule has 0 radical (unpaired) electrons.